The quantitative estimate of drug-likeness (QED) is 0.357. The fraction of sp³-hybridized carbons (Fsp3) is 0.160. The van der Waals surface area contributed by atoms with Crippen LogP contribution in [0.15, 0.2) is 54.9 Å². The van der Waals surface area contributed by atoms with Crippen LogP contribution < -0.4 is 11.1 Å². The normalized spacial score (nSPS) is 10.9. The van der Waals surface area contributed by atoms with E-state index in [1.54, 1.807) is 12.4 Å². The van der Waals surface area contributed by atoms with Crippen LogP contribution in [0.1, 0.15) is 35.7 Å². The highest BCUT2D eigenvalue weighted by Gasteiger charge is 2.11. The second kappa shape index (κ2) is 10.0. The van der Waals surface area contributed by atoms with Crippen LogP contribution in [0.25, 0.3) is 27.9 Å². The van der Waals surface area contributed by atoms with E-state index >= 15 is 0 Å². The van der Waals surface area contributed by atoms with E-state index in [0.29, 0.717) is 23.8 Å². The van der Waals surface area contributed by atoms with E-state index < -0.39 is 0 Å². The molecule has 0 atom stereocenters. The lowest BCUT2D eigenvalue weighted by Gasteiger charge is -2.07. The third-order valence-corrected chi connectivity index (χ3v) is 5.74. The summed E-state index contributed by atoms with van der Waals surface area (Å²) < 4.78 is 4.42. The molecule has 0 amide bonds. The number of benzene rings is 1. The molecule has 4 rings (SSSR count). The van der Waals surface area contributed by atoms with Gasteiger partial charge < -0.3 is 11.1 Å². The van der Waals surface area contributed by atoms with Gasteiger partial charge in [-0.05, 0) is 72.4 Å². The number of allylic oxidation sites excluding steroid dienone is 1. The van der Waals surface area contributed by atoms with E-state index in [2.05, 4.69) is 43.7 Å². The number of aryl methyl sites for hydroxylation is 1. The summed E-state index contributed by atoms with van der Waals surface area (Å²) in [7, 11) is 0. The Balaban J connectivity index is 1.49. The SMILES string of the molecule is CC/C=C\c1cc(-c2nc(NCc3cnc(-c4ccnc(C)c4)c(C#N)c3)ns2)ccc1N. The molecule has 164 valence electrons. The molecule has 3 aromatic heterocycles. The zero-order chi connectivity index (χ0) is 23.2. The molecular weight excluding hydrogens is 430 g/mol. The van der Waals surface area contributed by atoms with Crippen LogP contribution in [0.2, 0.25) is 0 Å². The number of nitrogen functional groups attached to an aromatic ring is 1. The Bertz CT molecular complexity index is 1350. The van der Waals surface area contributed by atoms with E-state index in [1.165, 1.54) is 11.5 Å². The lowest BCUT2D eigenvalue weighted by molar-refractivity contribution is 1.07. The summed E-state index contributed by atoms with van der Waals surface area (Å²) in [5.41, 5.74) is 12.5. The third kappa shape index (κ3) is 5.22. The summed E-state index contributed by atoms with van der Waals surface area (Å²) in [5, 5.41) is 13.7. The molecule has 7 nitrogen and oxygen atoms in total. The number of hydrogen-bond donors (Lipinski definition) is 2. The highest BCUT2D eigenvalue weighted by molar-refractivity contribution is 7.09. The van der Waals surface area contributed by atoms with Gasteiger partial charge in [-0.25, -0.2) is 0 Å². The van der Waals surface area contributed by atoms with Crippen LogP contribution in [-0.2, 0) is 6.54 Å². The number of nitrogens with zero attached hydrogens (tertiary/aromatic N) is 5. The van der Waals surface area contributed by atoms with E-state index in [1.807, 2.05) is 49.4 Å². The molecule has 1 aromatic carbocycles. The third-order valence-electron chi connectivity index (χ3n) is 4.98. The Morgan fingerprint density at radius 2 is 2.03 bits per heavy atom. The first kappa shape index (κ1) is 22.1. The Hall–Kier alpha value is -4.09. The van der Waals surface area contributed by atoms with Crippen LogP contribution in [0.3, 0.4) is 0 Å². The Morgan fingerprint density at radius 3 is 2.82 bits per heavy atom. The van der Waals surface area contributed by atoms with Crippen molar-refractivity contribution < 1.29 is 0 Å². The van der Waals surface area contributed by atoms with Gasteiger partial charge in [0.05, 0.1) is 11.3 Å². The molecule has 33 heavy (non-hydrogen) atoms. The van der Waals surface area contributed by atoms with Crippen molar-refractivity contribution in [2.24, 2.45) is 0 Å². The lowest BCUT2D eigenvalue weighted by atomic mass is 10.1. The maximum Gasteiger partial charge on any atom is 0.235 e. The van der Waals surface area contributed by atoms with Crippen molar-refractivity contribution >= 4 is 29.2 Å². The molecule has 0 unspecified atom stereocenters. The minimum absolute atomic E-state index is 0.458. The maximum absolute atomic E-state index is 9.62. The van der Waals surface area contributed by atoms with Crippen LogP contribution in [0.4, 0.5) is 11.6 Å². The van der Waals surface area contributed by atoms with Gasteiger partial charge >= 0.3 is 0 Å². The summed E-state index contributed by atoms with van der Waals surface area (Å²) in [6, 6.07) is 13.7. The van der Waals surface area contributed by atoms with Gasteiger partial charge in [0.2, 0.25) is 5.95 Å². The number of nitriles is 1. The second-order valence-electron chi connectivity index (χ2n) is 7.47. The van der Waals surface area contributed by atoms with Crippen molar-refractivity contribution in [3.63, 3.8) is 0 Å². The number of nitrogens with one attached hydrogen (secondary N) is 1. The molecule has 0 spiro atoms. The van der Waals surface area contributed by atoms with E-state index in [-0.39, 0.29) is 0 Å². The molecule has 0 aliphatic carbocycles. The van der Waals surface area contributed by atoms with E-state index in [9.17, 15) is 5.26 Å². The second-order valence-corrected chi connectivity index (χ2v) is 8.22. The average Bonchev–Trinajstić information content (AvgIpc) is 3.31. The molecule has 3 heterocycles. The van der Waals surface area contributed by atoms with Crippen LogP contribution in [0, 0.1) is 18.3 Å². The summed E-state index contributed by atoms with van der Waals surface area (Å²) in [5.74, 6) is 0.532. The number of hydrogen-bond acceptors (Lipinski definition) is 8. The van der Waals surface area contributed by atoms with Gasteiger partial charge in [-0.2, -0.15) is 14.6 Å². The Labute approximate surface area is 196 Å². The van der Waals surface area contributed by atoms with Gasteiger partial charge in [0.25, 0.3) is 0 Å². The predicted octanol–water partition coefficient (Wildman–Crippen LogP) is 5.46. The summed E-state index contributed by atoms with van der Waals surface area (Å²) in [4.78, 5) is 13.3. The summed E-state index contributed by atoms with van der Waals surface area (Å²) in [6.45, 7) is 4.46. The highest BCUT2D eigenvalue weighted by Crippen LogP contribution is 2.28. The minimum Gasteiger partial charge on any atom is -0.398 e. The van der Waals surface area contributed by atoms with Crippen molar-refractivity contribution in [1.29, 1.82) is 5.26 Å². The largest absolute Gasteiger partial charge is 0.398 e. The molecule has 3 N–H and O–H groups in total. The fourth-order valence-electron chi connectivity index (χ4n) is 3.30. The van der Waals surface area contributed by atoms with Crippen molar-refractivity contribution in [2.75, 3.05) is 11.1 Å². The number of rotatable bonds is 7. The van der Waals surface area contributed by atoms with Crippen LogP contribution >= 0.6 is 11.5 Å². The number of anilines is 2. The molecule has 0 saturated heterocycles. The van der Waals surface area contributed by atoms with Gasteiger partial charge in [0.1, 0.15) is 11.1 Å². The first-order valence-electron chi connectivity index (χ1n) is 10.5. The molecule has 0 fully saturated rings. The van der Waals surface area contributed by atoms with Gasteiger partial charge in [0.15, 0.2) is 0 Å². The molecule has 0 saturated carbocycles. The molecule has 4 aromatic rings. The first-order chi connectivity index (χ1) is 16.1. The maximum atomic E-state index is 9.62. The lowest BCUT2D eigenvalue weighted by Crippen LogP contribution is -2.03. The smallest absolute Gasteiger partial charge is 0.235 e. The van der Waals surface area contributed by atoms with Gasteiger partial charge in [-0.15, -0.1) is 0 Å². The van der Waals surface area contributed by atoms with Crippen LogP contribution in [0.5, 0.6) is 0 Å². The fourth-order valence-corrected chi connectivity index (χ4v) is 3.94. The zero-order valence-corrected chi connectivity index (χ0v) is 19.2. The van der Waals surface area contributed by atoms with E-state index in [4.69, 9.17) is 5.73 Å². The molecular formula is C25H23N7S. The van der Waals surface area contributed by atoms with Crippen molar-refractivity contribution in [3.05, 3.63) is 77.3 Å². The number of nitrogens with two attached hydrogens (primary N) is 1. The topological polar surface area (TPSA) is 113 Å². The number of pyridine rings is 2. The van der Waals surface area contributed by atoms with Gasteiger partial charge in [-0.1, -0.05) is 19.1 Å². The van der Waals surface area contributed by atoms with Crippen LogP contribution in [-0.4, -0.2) is 19.3 Å². The Kier molecular flexibility index (Phi) is 6.72. The van der Waals surface area contributed by atoms with Crippen molar-refractivity contribution in [3.8, 4) is 27.9 Å². The summed E-state index contributed by atoms with van der Waals surface area (Å²) in [6.07, 6.45) is 8.53. The zero-order valence-electron chi connectivity index (χ0n) is 18.4. The monoisotopic (exact) mass is 453 g/mol. The minimum atomic E-state index is 0.458. The van der Waals surface area contributed by atoms with Crippen molar-refractivity contribution in [2.45, 2.75) is 26.8 Å². The molecule has 8 heteroatoms. The molecule has 0 aliphatic heterocycles. The Morgan fingerprint density at radius 1 is 1.15 bits per heavy atom. The average molecular weight is 454 g/mol. The van der Waals surface area contributed by atoms with Gasteiger partial charge in [-0.3, -0.25) is 9.97 Å². The standard InChI is InChI=1S/C25H23N7S/c1-3-4-5-18-12-20(6-7-22(18)27)24-31-25(32-33-24)30-15-17-11-21(13-26)23(29-14-17)19-8-9-28-16(2)10-19/h4-12,14H,3,15,27H2,1-2H3,(H,30,32)/b5-4-. The molecule has 0 bridgehead atoms. The van der Waals surface area contributed by atoms with Crippen molar-refractivity contribution in [1.82, 2.24) is 19.3 Å². The molecule has 0 radical (unpaired) electrons. The van der Waals surface area contributed by atoms with Gasteiger partial charge in [0, 0.05) is 41.4 Å². The number of aromatic nitrogens is 4. The predicted molar refractivity (Wildman–Crippen MR) is 133 cm³/mol. The highest BCUT2D eigenvalue weighted by atomic mass is 32.1. The molecule has 0 aliphatic rings. The van der Waals surface area contributed by atoms with E-state index in [0.717, 1.165) is 45.1 Å². The summed E-state index contributed by atoms with van der Waals surface area (Å²) >= 11 is 1.32. The first-order valence-corrected chi connectivity index (χ1v) is 11.3.